The first kappa shape index (κ1) is 20.9. The molecular weight excluding hydrogens is 340 g/mol. The minimum Gasteiger partial charge on any atom is -0.481 e. The SMILES string of the molecule is CCCCC(OCC)/C(=C/c1cnc(C)n1Cc1ccccc1)CC(=O)O. The number of nitrogens with zero attached hydrogens (tertiary/aromatic N) is 2. The van der Waals surface area contributed by atoms with Crippen molar-refractivity contribution >= 4 is 12.0 Å². The Balaban J connectivity index is 2.36. The first-order valence-corrected chi connectivity index (χ1v) is 9.65. The molecule has 1 unspecified atom stereocenters. The van der Waals surface area contributed by atoms with Crippen LogP contribution in [0.25, 0.3) is 6.08 Å². The highest BCUT2D eigenvalue weighted by atomic mass is 16.5. The molecule has 1 aromatic carbocycles. The normalized spacial score (nSPS) is 12.9. The maximum absolute atomic E-state index is 11.4. The second-order valence-corrected chi connectivity index (χ2v) is 6.68. The van der Waals surface area contributed by atoms with Crippen molar-refractivity contribution in [3.8, 4) is 0 Å². The number of hydrogen-bond donors (Lipinski definition) is 1. The number of hydrogen-bond acceptors (Lipinski definition) is 3. The Morgan fingerprint density at radius 3 is 2.67 bits per heavy atom. The van der Waals surface area contributed by atoms with Gasteiger partial charge in [-0.05, 0) is 37.5 Å². The van der Waals surface area contributed by atoms with Crippen molar-refractivity contribution in [2.75, 3.05) is 6.61 Å². The Labute approximate surface area is 161 Å². The first-order valence-electron chi connectivity index (χ1n) is 9.65. The van der Waals surface area contributed by atoms with Crippen LogP contribution in [-0.2, 0) is 16.1 Å². The van der Waals surface area contributed by atoms with Gasteiger partial charge in [0, 0.05) is 13.2 Å². The second kappa shape index (κ2) is 10.7. The van der Waals surface area contributed by atoms with Crippen LogP contribution in [0.2, 0.25) is 0 Å². The topological polar surface area (TPSA) is 64.4 Å². The maximum Gasteiger partial charge on any atom is 0.307 e. The van der Waals surface area contributed by atoms with Crippen LogP contribution in [0.4, 0.5) is 0 Å². The maximum atomic E-state index is 11.4. The Bertz CT molecular complexity index is 750. The molecule has 0 radical (unpaired) electrons. The fourth-order valence-corrected chi connectivity index (χ4v) is 3.16. The Morgan fingerprint density at radius 1 is 1.30 bits per heavy atom. The van der Waals surface area contributed by atoms with E-state index in [1.165, 1.54) is 5.56 Å². The summed E-state index contributed by atoms with van der Waals surface area (Å²) in [4.78, 5) is 15.9. The van der Waals surface area contributed by atoms with Crippen molar-refractivity contribution < 1.29 is 14.6 Å². The number of carboxylic acids is 1. The van der Waals surface area contributed by atoms with Crippen LogP contribution in [0.1, 0.15) is 56.6 Å². The summed E-state index contributed by atoms with van der Waals surface area (Å²) in [5, 5.41) is 9.40. The lowest BCUT2D eigenvalue weighted by atomic mass is 9.99. The van der Waals surface area contributed by atoms with E-state index in [4.69, 9.17) is 4.74 Å². The lowest BCUT2D eigenvalue weighted by molar-refractivity contribution is -0.136. The Kier molecular flexibility index (Phi) is 8.27. The van der Waals surface area contributed by atoms with Gasteiger partial charge >= 0.3 is 5.97 Å². The number of aliphatic carboxylic acids is 1. The third-order valence-electron chi connectivity index (χ3n) is 4.56. The highest BCUT2D eigenvalue weighted by Gasteiger charge is 2.18. The van der Waals surface area contributed by atoms with Crippen molar-refractivity contribution in [2.45, 2.75) is 59.1 Å². The van der Waals surface area contributed by atoms with Gasteiger partial charge in [0.15, 0.2) is 0 Å². The Hall–Kier alpha value is -2.40. The van der Waals surface area contributed by atoms with E-state index in [1.807, 2.05) is 44.3 Å². The predicted molar refractivity (Wildman–Crippen MR) is 108 cm³/mol. The number of unbranched alkanes of at least 4 members (excludes halogenated alkanes) is 1. The third kappa shape index (κ3) is 6.36. The molecule has 5 nitrogen and oxygen atoms in total. The quantitative estimate of drug-likeness (QED) is 0.623. The van der Waals surface area contributed by atoms with Crippen LogP contribution < -0.4 is 0 Å². The summed E-state index contributed by atoms with van der Waals surface area (Å²) in [5.74, 6) is 0.0644. The summed E-state index contributed by atoms with van der Waals surface area (Å²) in [6, 6.07) is 10.2. The average molecular weight is 370 g/mol. The highest BCUT2D eigenvalue weighted by Crippen LogP contribution is 2.22. The van der Waals surface area contributed by atoms with E-state index in [0.717, 1.165) is 36.4 Å². The largest absolute Gasteiger partial charge is 0.481 e. The van der Waals surface area contributed by atoms with Gasteiger partial charge in [-0.2, -0.15) is 0 Å². The molecule has 5 heteroatoms. The lowest BCUT2D eigenvalue weighted by Gasteiger charge is -2.20. The summed E-state index contributed by atoms with van der Waals surface area (Å²) in [5.41, 5.74) is 2.89. The fourth-order valence-electron chi connectivity index (χ4n) is 3.16. The second-order valence-electron chi connectivity index (χ2n) is 6.68. The molecule has 0 fully saturated rings. The summed E-state index contributed by atoms with van der Waals surface area (Å²) >= 11 is 0. The number of imidazole rings is 1. The monoisotopic (exact) mass is 370 g/mol. The summed E-state index contributed by atoms with van der Waals surface area (Å²) in [6.45, 7) is 7.30. The lowest BCUT2D eigenvalue weighted by Crippen LogP contribution is -2.19. The number of benzene rings is 1. The zero-order valence-electron chi connectivity index (χ0n) is 16.5. The summed E-state index contributed by atoms with van der Waals surface area (Å²) < 4.78 is 7.99. The molecule has 27 heavy (non-hydrogen) atoms. The van der Waals surface area contributed by atoms with E-state index in [1.54, 1.807) is 0 Å². The van der Waals surface area contributed by atoms with Crippen LogP contribution in [0.5, 0.6) is 0 Å². The molecular formula is C22H30N2O3. The zero-order valence-corrected chi connectivity index (χ0v) is 16.5. The zero-order chi connectivity index (χ0) is 19.6. The van der Waals surface area contributed by atoms with E-state index in [-0.39, 0.29) is 12.5 Å². The molecule has 0 bridgehead atoms. The van der Waals surface area contributed by atoms with Gasteiger partial charge in [0.1, 0.15) is 5.82 Å². The van der Waals surface area contributed by atoms with E-state index in [9.17, 15) is 9.90 Å². The molecule has 0 saturated carbocycles. The van der Waals surface area contributed by atoms with Gasteiger partial charge < -0.3 is 14.4 Å². The molecule has 1 atom stereocenters. The average Bonchev–Trinajstić information content (AvgIpc) is 2.98. The molecule has 2 rings (SSSR count). The van der Waals surface area contributed by atoms with E-state index >= 15 is 0 Å². The number of ether oxygens (including phenoxy) is 1. The molecule has 0 aliphatic carbocycles. The summed E-state index contributed by atoms with van der Waals surface area (Å²) in [6.07, 6.45) is 6.44. The number of aryl methyl sites for hydroxylation is 1. The minimum atomic E-state index is -0.840. The van der Waals surface area contributed by atoms with Crippen LogP contribution in [-0.4, -0.2) is 33.3 Å². The van der Waals surface area contributed by atoms with E-state index < -0.39 is 5.97 Å². The van der Waals surface area contributed by atoms with Gasteiger partial charge in [-0.3, -0.25) is 4.79 Å². The highest BCUT2D eigenvalue weighted by molar-refractivity contribution is 5.73. The van der Waals surface area contributed by atoms with Crippen LogP contribution in [0.3, 0.4) is 0 Å². The standard InChI is InChI=1S/C22H30N2O3/c1-4-6-12-21(27-5-2)19(14-22(25)26)13-20-15-23-17(3)24(20)16-18-10-8-7-9-11-18/h7-11,13,15,21H,4-6,12,14,16H2,1-3H3,(H,25,26)/b19-13+. The molecule has 1 heterocycles. The van der Waals surface area contributed by atoms with E-state index in [2.05, 4.69) is 28.6 Å². The third-order valence-corrected chi connectivity index (χ3v) is 4.56. The molecule has 0 spiro atoms. The van der Waals surface area contributed by atoms with Crippen molar-refractivity contribution in [3.63, 3.8) is 0 Å². The van der Waals surface area contributed by atoms with Crippen molar-refractivity contribution in [3.05, 3.63) is 59.2 Å². The van der Waals surface area contributed by atoms with Crippen molar-refractivity contribution in [1.82, 2.24) is 9.55 Å². The number of carbonyl (C=O) groups is 1. The van der Waals surface area contributed by atoms with Crippen LogP contribution >= 0.6 is 0 Å². The van der Waals surface area contributed by atoms with Gasteiger partial charge in [0.2, 0.25) is 0 Å². The summed E-state index contributed by atoms with van der Waals surface area (Å²) in [7, 11) is 0. The van der Waals surface area contributed by atoms with Gasteiger partial charge in [0.05, 0.1) is 24.4 Å². The minimum absolute atomic E-state index is 0.0239. The van der Waals surface area contributed by atoms with Crippen LogP contribution in [0.15, 0.2) is 42.1 Å². The molecule has 1 aromatic heterocycles. The first-order chi connectivity index (χ1) is 13.0. The molecule has 2 aromatic rings. The van der Waals surface area contributed by atoms with Gasteiger partial charge in [-0.1, -0.05) is 50.1 Å². The molecule has 0 saturated heterocycles. The number of carboxylic acid groups (broad SMARTS) is 1. The predicted octanol–water partition coefficient (Wildman–Crippen LogP) is 4.69. The number of rotatable bonds is 11. The van der Waals surface area contributed by atoms with Gasteiger partial charge in [-0.15, -0.1) is 0 Å². The molecule has 1 N–H and O–H groups in total. The van der Waals surface area contributed by atoms with E-state index in [0.29, 0.717) is 13.2 Å². The van der Waals surface area contributed by atoms with Crippen molar-refractivity contribution in [1.29, 1.82) is 0 Å². The van der Waals surface area contributed by atoms with Gasteiger partial charge in [-0.25, -0.2) is 4.98 Å². The van der Waals surface area contributed by atoms with Crippen LogP contribution in [0, 0.1) is 6.92 Å². The van der Waals surface area contributed by atoms with Crippen molar-refractivity contribution in [2.24, 2.45) is 0 Å². The molecule has 0 aliphatic heterocycles. The molecule has 0 amide bonds. The number of aromatic nitrogens is 2. The Morgan fingerprint density at radius 2 is 2.04 bits per heavy atom. The molecule has 146 valence electrons. The smallest absolute Gasteiger partial charge is 0.307 e. The van der Waals surface area contributed by atoms with Gasteiger partial charge in [0.25, 0.3) is 0 Å². The fraction of sp³-hybridized carbons (Fsp3) is 0.455. The molecule has 0 aliphatic rings.